The summed E-state index contributed by atoms with van der Waals surface area (Å²) in [5, 5.41) is 0. The summed E-state index contributed by atoms with van der Waals surface area (Å²) in [5.41, 5.74) is 0. The van der Waals surface area contributed by atoms with Crippen molar-refractivity contribution < 1.29 is 9.69 Å². The first kappa shape index (κ1) is 9.20. The molecule has 2 unspecified atom stereocenters. The van der Waals surface area contributed by atoms with E-state index >= 15 is 0 Å². The van der Waals surface area contributed by atoms with Crippen LogP contribution >= 0.6 is 15.9 Å². The number of halogens is 1. The first-order valence-corrected chi connectivity index (χ1v) is 5.10. The van der Waals surface area contributed by atoms with Crippen molar-refractivity contribution in [1.82, 2.24) is 0 Å². The fourth-order valence-corrected chi connectivity index (χ4v) is 2.27. The van der Waals surface area contributed by atoms with Crippen LogP contribution in [-0.4, -0.2) is 23.8 Å². The standard InChI is InChI=1S/C8H14BrNO/c1-7(11)6-10-5-3-2-4-8(10)9/h8H,2-6H2,1H3/p+1. The number of hydrogen-bond donors (Lipinski definition) is 1. The third kappa shape index (κ3) is 2.91. The van der Waals surface area contributed by atoms with Gasteiger partial charge in [-0.05, 0) is 28.8 Å². The Labute approximate surface area is 76.1 Å². The second-order valence-electron chi connectivity index (χ2n) is 3.25. The smallest absolute Gasteiger partial charge is 0.183 e. The first-order chi connectivity index (χ1) is 5.20. The Morgan fingerprint density at radius 3 is 2.91 bits per heavy atom. The molecule has 1 N–H and O–H groups in total. The number of likely N-dealkylation sites (tertiary alicyclic amines) is 1. The normalized spacial score (nSPS) is 31.8. The fraction of sp³-hybridized carbons (Fsp3) is 0.875. The minimum atomic E-state index is 0.298. The minimum Gasteiger partial charge on any atom is -0.317 e. The van der Waals surface area contributed by atoms with Gasteiger partial charge in [-0.15, -0.1) is 0 Å². The van der Waals surface area contributed by atoms with Gasteiger partial charge in [0.15, 0.2) is 5.78 Å². The zero-order chi connectivity index (χ0) is 8.27. The molecule has 2 nitrogen and oxygen atoms in total. The van der Waals surface area contributed by atoms with E-state index in [4.69, 9.17) is 0 Å². The summed E-state index contributed by atoms with van der Waals surface area (Å²) in [7, 11) is 0. The zero-order valence-electron chi connectivity index (χ0n) is 6.90. The van der Waals surface area contributed by atoms with E-state index in [0.717, 1.165) is 6.54 Å². The molecule has 1 heterocycles. The van der Waals surface area contributed by atoms with Crippen molar-refractivity contribution in [2.24, 2.45) is 0 Å². The van der Waals surface area contributed by atoms with Crippen molar-refractivity contribution in [1.29, 1.82) is 0 Å². The third-order valence-corrected chi connectivity index (χ3v) is 3.23. The van der Waals surface area contributed by atoms with Crippen LogP contribution in [0.2, 0.25) is 0 Å². The fourth-order valence-electron chi connectivity index (χ4n) is 1.56. The number of ketones is 1. The average Bonchev–Trinajstić information content (AvgIpc) is 1.93. The van der Waals surface area contributed by atoms with Gasteiger partial charge < -0.3 is 4.90 Å². The first-order valence-electron chi connectivity index (χ1n) is 4.18. The predicted octanol–water partition coefficient (Wildman–Crippen LogP) is 0.365. The molecule has 0 aromatic heterocycles. The highest BCUT2D eigenvalue weighted by atomic mass is 79.9. The zero-order valence-corrected chi connectivity index (χ0v) is 8.49. The summed E-state index contributed by atoms with van der Waals surface area (Å²) < 4.78 is 0. The molecule has 0 aromatic carbocycles. The molecule has 1 saturated heterocycles. The second-order valence-corrected chi connectivity index (χ2v) is 4.36. The summed E-state index contributed by atoms with van der Waals surface area (Å²) in [6.45, 7) is 3.51. The highest BCUT2D eigenvalue weighted by Crippen LogP contribution is 2.07. The van der Waals surface area contributed by atoms with Crippen LogP contribution in [0.25, 0.3) is 0 Å². The van der Waals surface area contributed by atoms with E-state index in [9.17, 15) is 4.79 Å². The van der Waals surface area contributed by atoms with Crippen LogP contribution in [-0.2, 0) is 4.79 Å². The molecule has 1 aliphatic rings. The van der Waals surface area contributed by atoms with E-state index in [2.05, 4.69) is 15.9 Å². The quantitative estimate of drug-likeness (QED) is 0.528. The van der Waals surface area contributed by atoms with Crippen molar-refractivity contribution in [2.75, 3.05) is 13.1 Å². The maximum atomic E-state index is 10.8. The Kier molecular flexibility index (Phi) is 3.52. The second kappa shape index (κ2) is 4.21. The van der Waals surface area contributed by atoms with E-state index in [0.29, 0.717) is 17.3 Å². The van der Waals surface area contributed by atoms with E-state index in [-0.39, 0.29) is 0 Å². The maximum absolute atomic E-state index is 10.8. The van der Waals surface area contributed by atoms with Crippen molar-refractivity contribution in [3.05, 3.63) is 0 Å². The molecule has 0 aromatic rings. The van der Waals surface area contributed by atoms with Gasteiger partial charge in [0.2, 0.25) is 0 Å². The van der Waals surface area contributed by atoms with Gasteiger partial charge in [0.05, 0.1) is 6.54 Å². The molecule has 3 heteroatoms. The Morgan fingerprint density at radius 2 is 2.36 bits per heavy atom. The van der Waals surface area contributed by atoms with Crippen molar-refractivity contribution in [3.8, 4) is 0 Å². The molecule has 11 heavy (non-hydrogen) atoms. The maximum Gasteiger partial charge on any atom is 0.183 e. The summed E-state index contributed by atoms with van der Waals surface area (Å²) in [4.78, 5) is 12.7. The lowest BCUT2D eigenvalue weighted by molar-refractivity contribution is -0.905. The van der Waals surface area contributed by atoms with Crippen LogP contribution in [0.1, 0.15) is 26.2 Å². The minimum absolute atomic E-state index is 0.298. The molecule has 0 radical (unpaired) electrons. The number of carbonyl (C=O) groups is 1. The van der Waals surface area contributed by atoms with Crippen LogP contribution in [0.15, 0.2) is 0 Å². The number of alkyl halides is 1. The highest BCUT2D eigenvalue weighted by Gasteiger charge is 2.23. The molecule has 1 aliphatic heterocycles. The van der Waals surface area contributed by atoms with Crippen LogP contribution < -0.4 is 4.90 Å². The topological polar surface area (TPSA) is 21.5 Å². The molecule has 0 saturated carbocycles. The van der Waals surface area contributed by atoms with Gasteiger partial charge >= 0.3 is 0 Å². The van der Waals surface area contributed by atoms with Gasteiger partial charge in [0, 0.05) is 13.3 Å². The van der Waals surface area contributed by atoms with Crippen LogP contribution in [0.5, 0.6) is 0 Å². The summed E-state index contributed by atoms with van der Waals surface area (Å²) in [5.74, 6) is 0.298. The number of carbonyl (C=O) groups excluding carboxylic acids is 1. The number of piperidine rings is 1. The van der Waals surface area contributed by atoms with Crippen LogP contribution in [0.3, 0.4) is 0 Å². The van der Waals surface area contributed by atoms with Gasteiger partial charge in [-0.25, -0.2) is 0 Å². The summed E-state index contributed by atoms with van der Waals surface area (Å²) in [6.07, 6.45) is 3.78. The summed E-state index contributed by atoms with van der Waals surface area (Å²) >= 11 is 3.59. The number of nitrogens with one attached hydrogen (secondary N) is 1. The Balaban J connectivity index is 2.35. The lowest BCUT2D eigenvalue weighted by Gasteiger charge is -2.27. The Morgan fingerprint density at radius 1 is 1.64 bits per heavy atom. The van der Waals surface area contributed by atoms with Gasteiger partial charge in [-0.2, -0.15) is 0 Å². The SMILES string of the molecule is CC(=O)C[NH+]1CCCCC1Br. The van der Waals surface area contributed by atoms with Crippen LogP contribution in [0, 0.1) is 0 Å². The molecule has 0 spiro atoms. The number of quaternary nitrogens is 1. The Bertz CT molecular complexity index is 149. The lowest BCUT2D eigenvalue weighted by Crippen LogP contribution is -3.16. The van der Waals surface area contributed by atoms with Gasteiger partial charge in [0.1, 0.15) is 11.5 Å². The monoisotopic (exact) mass is 220 g/mol. The highest BCUT2D eigenvalue weighted by molar-refractivity contribution is 9.09. The third-order valence-electron chi connectivity index (χ3n) is 2.12. The molecule has 1 fully saturated rings. The molecule has 0 aliphatic carbocycles. The van der Waals surface area contributed by atoms with E-state index in [1.54, 1.807) is 6.92 Å². The molecule has 64 valence electrons. The molecule has 0 amide bonds. The molecule has 2 atom stereocenters. The number of rotatable bonds is 2. The molecule has 1 rings (SSSR count). The summed E-state index contributed by atoms with van der Waals surface area (Å²) in [6, 6.07) is 0. The lowest BCUT2D eigenvalue weighted by atomic mass is 10.1. The van der Waals surface area contributed by atoms with Crippen molar-refractivity contribution in [3.63, 3.8) is 0 Å². The van der Waals surface area contributed by atoms with Crippen molar-refractivity contribution >= 4 is 21.7 Å². The Hall–Kier alpha value is 0.110. The van der Waals surface area contributed by atoms with E-state index in [1.807, 2.05) is 0 Å². The van der Waals surface area contributed by atoms with Gasteiger partial charge in [-0.1, -0.05) is 0 Å². The van der Waals surface area contributed by atoms with E-state index in [1.165, 1.54) is 24.2 Å². The number of hydrogen-bond acceptors (Lipinski definition) is 1. The number of Topliss-reactive ketones (excluding diaryl/α,β-unsaturated/α-hetero) is 1. The molecular weight excluding hydrogens is 206 g/mol. The molecule has 0 bridgehead atoms. The largest absolute Gasteiger partial charge is 0.317 e. The predicted molar refractivity (Wildman–Crippen MR) is 47.9 cm³/mol. The van der Waals surface area contributed by atoms with E-state index < -0.39 is 0 Å². The average molecular weight is 221 g/mol. The molecular formula is C8H15BrNO+. The van der Waals surface area contributed by atoms with Gasteiger partial charge in [0.25, 0.3) is 0 Å². The van der Waals surface area contributed by atoms with Gasteiger partial charge in [-0.3, -0.25) is 4.79 Å². The van der Waals surface area contributed by atoms with Crippen LogP contribution in [0.4, 0.5) is 0 Å². The van der Waals surface area contributed by atoms with Crippen molar-refractivity contribution in [2.45, 2.75) is 31.1 Å².